The molecule has 0 saturated carbocycles. The summed E-state index contributed by atoms with van der Waals surface area (Å²) in [5, 5.41) is 5.38. The van der Waals surface area contributed by atoms with Crippen LogP contribution in [0.5, 0.6) is 0 Å². The van der Waals surface area contributed by atoms with E-state index in [2.05, 4.69) is 21.1 Å². The van der Waals surface area contributed by atoms with Crippen molar-refractivity contribution in [2.75, 3.05) is 0 Å². The predicted octanol–water partition coefficient (Wildman–Crippen LogP) is 6.05. The average Bonchev–Trinajstić information content (AvgIpc) is 3.02. The minimum absolute atomic E-state index is 0.0830. The van der Waals surface area contributed by atoms with Gasteiger partial charge in [-0.05, 0) is 25.5 Å². The summed E-state index contributed by atoms with van der Waals surface area (Å²) in [6, 6.07) is 15.3. The molecule has 0 aliphatic carbocycles. The lowest BCUT2D eigenvalue weighted by Crippen LogP contribution is -2.12. The number of carbonyl (C=O) groups is 1. The summed E-state index contributed by atoms with van der Waals surface area (Å²) >= 11 is 9.61. The number of esters is 1. The van der Waals surface area contributed by atoms with Gasteiger partial charge in [0.25, 0.3) is 0 Å². The maximum absolute atomic E-state index is 12.5. The molecule has 0 aliphatic rings. The second-order valence-electron chi connectivity index (χ2n) is 6.24. The zero-order valence-corrected chi connectivity index (χ0v) is 17.4. The molecule has 0 bridgehead atoms. The van der Waals surface area contributed by atoms with Gasteiger partial charge in [0.1, 0.15) is 6.10 Å². The van der Waals surface area contributed by atoms with E-state index in [-0.39, 0.29) is 12.4 Å². The number of alkyl halides is 1. The lowest BCUT2D eigenvalue weighted by atomic mass is 10.0. The molecular formula is C21H19BrClNO3. The molecule has 0 radical (unpaired) electrons. The second-order valence-corrected chi connectivity index (χ2v) is 7.20. The van der Waals surface area contributed by atoms with Gasteiger partial charge in [-0.3, -0.25) is 4.79 Å². The lowest BCUT2D eigenvalue weighted by Gasteiger charge is -2.15. The fraction of sp³-hybridized carbons (Fsp3) is 0.238. The number of aromatic nitrogens is 1. The molecular weight excluding hydrogens is 430 g/mol. The van der Waals surface area contributed by atoms with Crippen molar-refractivity contribution < 1.29 is 14.1 Å². The summed E-state index contributed by atoms with van der Waals surface area (Å²) in [5.41, 5.74) is 4.22. The number of aryl methyl sites for hydroxylation is 1. The first kappa shape index (κ1) is 19.6. The topological polar surface area (TPSA) is 52.3 Å². The van der Waals surface area contributed by atoms with Gasteiger partial charge in [0.05, 0.1) is 12.1 Å². The maximum Gasteiger partial charge on any atom is 0.311 e. The smallest absolute Gasteiger partial charge is 0.311 e. The summed E-state index contributed by atoms with van der Waals surface area (Å²) < 4.78 is 11.0. The molecule has 4 nitrogen and oxygen atoms in total. The molecule has 0 amide bonds. The quantitative estimate of drug-likeness (QED) is 0.340. The van der Waals surface area contributed by atoms with Crippen LogP contribution in [0, 0.1) is 6.92 Å². The maximum atomic E-state index is 12.5. The van der Waals surface area contributed by atoms with Crippen LogP contribution in [0.2, 0.25) is 5.02 Å². The highest BCUT2D eigenvalue weighted by Crippen LogP contribution is 2.29. The number of carbonyl (C=O) groups excluding carboxylic acids is 1. The van der Waals surface area contributed by atoms with Crippen molar-refractivity contribution in [2.24, 2.45) is 0 Å². The van der Waals surface area contributed by atoms with Crippen LogP contribution in [-0.2, 0) is 21.3 Å². The summed E-state index contributed by atoms with van der Waals surface area (Å²) in [7, 11) is 0. The molecule has 1 aromatic heterocycles. The Kier molecular flexibility index (Phi) is 6.34. The lowest BCUT2D eigenvalue weighted by molar-refractivity contribution is -0.147. The highest BCUT2D eigenvalue weighted by atomic mass is 79.9. The van der Waals surface area contributed by atoms with Crippen molar-refractivity contribution in [1.82, 2.24) is 5.16 Å². The highest BCUT2D eigenvalue weighted by molar-refractivity contribution is 9.08. The number of ether oxygens (including phenoxy) is 1. The molecule has 0 fully saturated rings. The Labute approximate surface area is 171 Å². The van der Waals surface area contributed by atoms with Gasteiger partial charge in [-0.2, -0.15) is 0 Å². The first-order valence-electron chi connectivity index (χ1n) is 8.54. The van der Waals surface area contributed by atoms with E-state index in [1.54, 1.807) is 13.0 Å². The minimum atomic E-state index is -0.437. The predicted molar refractivity (Wildman–Crippen MR) is 109 cm³/mol. The molecule has 3 rings (SSSR count). The Morgan fingerprint density at radius 1 is 1.22 bits per heavy atom. The van der Waals surface area contributed by atoms with Crippen LogP contribution < -0.4 is 0 Å². The fourth-order valence-corrected chi connectivity index (χ4v) is 3.48. The average molecular weight is 449 g/mol. The molecule has 2 aromatic carbocycles. The van der Waals surface area contributed by atoms with Crippen molar-refractivity contribution in [3.8, 4) is 11.3 Å². The van der Waals surface area contributed by atoms with E-state index in [0.29, 0.717) is 16.5 Å². The van der Waals surface area contributed by atoms with Crippen LogP contribution in [0.25, 0.3) is 11.3 Å². The number of hydrogen-bond donors (Lipinski definition) is 0. The Hall–Kier alpha value is -2.11. The first-order valence-corrected chi connectivity index (χ1v) is 10.0. The van der Waals surface area contributed by atoms with E-state index in [1.807, 2.05) is 49.4 Å². The van der Waals surface area contributed by atoms with Crippen molar-refractivity contribution in [3.05, 3.63) is 75.9 Å². The Morgan fingerprint density at radius 3 is 2.59 bits per heavy atom. The molecule has 27 heavy (non-hydrogen) atoms. The molecule has 0 spiro atoms. The van der Waals surface area contributed by atoms with E-state index in [0.717, 1.165) is 27.6 Å². The molecule has 0 saturated heterocycles. The third-order valence-electron chi connectivity index (χ3n) is 4.33. The highest BCUT2D eigenvalue weighted by Gasteiger charge is 2.21. The summed E-state index contributed by atoms with van der Waals surface area (Å²) in [6.07, 6.45) is -0.354. The Morgan fingerprint density at radius 2 is 1.93 bits per heavy atom. The van der Waals surface area contributed by atoms with Crippen molar-refractivity contribution >= 4 is 33.5 Å². The van der Waals surface area contributed by atoms with Gasteiger partial charge in [0.2, 0.25) is 0 Å². The van der Waals surface area contributed by atoms with E-state index < -0.39 is 6.10 Å². The van der Waals surface area contributed by atoms with E-state index in [1.165, 1.54) is 0 Å². The number of hydrogen-bond acceptors (Lipinski definition) is 4. The summed E-state index contributed by atoms with van der Waals surface area (Å²) in [5.74, 6) is 0.239. The molecule has 1 heterocycles. The van der Waals surface area contributed by atoms with E-state index in [4.69, 9.17) is 20.9 Å². The van der Waals surface area contributed by atoms with Crippen molar-refractivity contribution in [3.63, 3.8) is 0 Å². The van der Waals surface area contributed by atoms with Gasteiger partial charge < -0.3 is 9.26 Å². The third-order valence-corrected chi connectivity index (χ3v) is 5.32. The third kappa shape index (κ3) is 4.60. The van der Waals surface area contributed by atoms with Gasteiger partial charge in [0.15, 0.2) is 5.76 Å². The summed E-state index contributed by atoms with van der Waals surface area (Å²) in [6.45, 7) is 3.62. The molecule has 1 unspecified atom stereocenters. The van der Waals surface area contributed by atoms with Gasteiger partial charge in [0, 0.05) is 27.0 Å². The molecule has 0 aliphatic heterocycles. The summed E-state index contributed by atoms with van der Waals surface area (Å²) in [4.78, 5) is 12.5. The number of nitrogens with zero attached hydrogens (tertiary/aromatic N) is 1. The van der Waals surface area contributed by atoms with E-state index >= 15 is 0 Å². The van der Waals surface area contributed by atoms with E-state index in [9.17, 15) is 4.79 Å². The molecule has 140 valence electrons. The number of benzene rings is 2. The molecule has 6 heteroatoms. The van der Waals surface area contributed by atoms with Crippen LogP contribution in [0.3, 0.4) is 0 Å². The van der Waals surface area contributed by atoms with Crippen molar-refractivity contribution in [2.45, 2.75) is 31.7 Å². The molecule has 0 N–H and O–H groups in total. The van der Waals surface area contributed by atoms with Crippen LogP contribution in [0.4, 0.5) is 0 Å². The second kappa shape index (κ2) is 8.72. The number of rotatable bonds is 6. The minimum Gasteiger partial charge on any atom is -0.457 e. The zero-order valence-electron chi connectivity index (χ0n) is 15.0. The van der Waals surface area contributed by atoms with Crippen LogP contribution >= 0.6 is 27.5 Å². The van der Waals surface area contributed by atoms with Gasteiger partial charge in [-0.25, -0.2) is 0 Å². The van der Waals surface area contributed by atoms with Crippen molar-refractivity contribution in [1.29, 1.82) is 0 Å². The monoisotopic (exact) mass is 447 g/mol. The van der Waals surface area contributed by atoms with Crippen LogP contribution in [-0.4, -0.2) is 11.1 Å². The van der Waals surface area contributed by atoms with Gasteiger partial charge in [-0.1, -0.05) is 75.2 Å². The standard InChI is InChI=1S/C21H19BrClNO3/c1-13-18(21(27-24-13)16-9-7-15(12-22)8-10-16)11-20(25)26-14(2)17-5-3-4-6-19(17)23/h3-10,14H,11-12H2,1-2H3. The normalized spacial score (nSPS) is 12.0. The van der Waals surface area contributed by atoms with Crippen LogP contribution in [0.1, 0.15) is 35.4 Å². The SMILES string of the molecule is Cc1noc(-c2ccc(CBr)cc2)c1CC(=O)OC(C)c1ccccc1Cl. The zero-order chi connectivity index (χ0) is 19.4. The Balaban J connectivity index is 1.76. The van der Waals surface area contributed by atoms with Gasteiger partial charge in [-0.15, -0.1) is 0 Å². The number of halogens is 2. The van der Waals surface area contributed by atoms with Crippen LogP contribution in [0.15, 0.2) is 53.1 Å². The fourth-order valence-electron chi connectivity index (χ4n) is 2.82. The Bertz CT molecular complexity index is 937. The van der Waals surface area contributed by atoms with Gasteiger partial charge >= 0.3 is 5.97 Å². The molecule has 3 aromatic rings. The first-order chi connectivity index (χ1) is 13.0. The largest absolute Gasteiger partial charge is 0.457 e. The molecule has 1 atom stereocenters.